The zero-order valence-corrected chi connectivity index (χ0v) is 11.4. The van der Waals surface area contributed by atoms with E-state index in [1.807, 2.05) is 13.8 Å². The minimum absolute atomic E-state index is 0.200. The molecule has 1 aliphatic rings. The van der Waals surface area contributed by atoms with Crippen molar-refractivity contribution in [3.63, 3.8) is 0 Å². The van der Waals surface area contributed by atoms with Gasteiger partial charge in [0.15, 0.2) is 6.61 Å². The van der Waals surface area contributed by atoms with Gasteiger partial charge in [0, 0.05) is 17.5 Å². The highest BCUT2D eigenvalue weighted by Crippen LogP contribution is 2.35. The SMILES string of the molecule is CC(C)c1nc(COc2ccc3c(c2)OCC3O)no1. The molecule has 0 saturated heterocycles. The quantitative estimate of drug-likeness (QED) is 0.922. The van der Waals surface area contributed by atoms with Gasteiger partial charge in [-0.1, -0.05) is 19.0 Å². The van der Waals surface area contributed by atoms with E-state index in [-0.39, 0.29) is 12.5 Å². The van der Waals surface area contributed by atoms with Gasteiger partial charge < -0.3 is 19.1 Å². The van der Waals surface area contributed by atoms with Gasteiger partial charge in [0.2, 0.25) is 11.7 Å². The monoisotopic (exact) mass is 276 g/mol. The highest BCUT2D eigenvalue weighted by Gasteiger charge is 2.22. The van der Waals surface area contributed by atoms with Crippen LogP contribution in [0.2, 0.25) is 0 Å². The molecule has 1 aliphatic heterocycles. The number of ether oxygens (including phenoxy) is 2. The Labute approximate surface area is 116 Å². The summed E-state index contributed by atoms with van der Waals surface area (Å²) >= 11 is 0. The molecule has 106 valence electrons. The van der Waals surface area contributed by atoms with Crippen LogP contribution in [-0.2, 0) is 6.61 Å². The van der Waals surface area contributed by atoms with Crippen molar-refractivity contribution in [2.24, 2.45) is 0 Å². The van der Waals surface area contributed by atoms with Crippen LogP contribution in [0.15, 0.2) is 22.7 Å². The smallest absolute Gasteiger partial charge is 0.229 e. The topological polar surface area (TPSA) is 77.6 Å². The second-order valence-corrected chi connectivity index (χ2v) is 5.02. The Balaban J connectivity index is 1.66. The van der Waals surface area contributed by atoms with Crippen molar-refractivity contribution in [3.8, 4) is 11.5 Å². The summed E-state index contributed by atoms with van der Waals surface area (Å²) in [5, 5.41) is 13.5. The first-order valence-corrected chi connectivity index (χ1v) is 6.53. The summed E-state index contributed by atoms with van der Waals surface area (Å²) in [7, 11) is 0. The second-order valence-electron chi connectivity index (χ2n) is 5.02. The summed E-state index contributed by atoms with van der Waals surface area (Å²) < 4.78 is 16.1. The van der Waals surface area contributed by atoms with E-state index in [1.54, 1.807) is 18.2 Å². The van der Waals surface area contributed by atoms with E-state index in [0.717, 1.165) is 5.56 Å². The van der Waals surface area contributed by atoms with Crippen molar-refractivity contribution in [1.82, 2.24) is 10.1 Å². The predicted octanol–water partition coefficient (Wildman–Crippen LogP) is 2.20. The number of benzene rings is 1. The van der Waals surface area contributed by atoms with Crippen LogP contribution in [0.5, 0.6) is 11.5 Å². The molecular formula is C14H16N2O4. The van der Waals surface area contributed by atoms with Crippen LogP contribution in [-0.4, -0.2) is 21.9 Å². The molecule has 0 spiro atoms. The standard InChI is InChI=1S/C14H16N2O4/c1-8(2)14-15-13(16-20-14)7-18-9-3-4-10-11(17)6-19-12(10)5-9/h3-5,8,11,17H,6-7H2,1-2H3. The van der Waals surface area contributed by atoms with E-state index in [9.17, 15) is 5.11 Å². The summed E-state index contributed by atoms with van der Waals surface area (Å²) in [5.41, 5.74) is 0.791. The Morgan fingerprint density at radius 1 is 1.45 bits per heavy atom. The lowest BCUT2D eigenvalue weighted by Crippen LogP contribution is -1.98. The Morgan fingerprint density at radius 3 is 3.05 bits per heavy atom. The third-order valence-electron chi connectivity index (χ3n) is 3.09. The molecule has 6 nitrogen and oxygen atoms in total. The number of hydrogen-bond acceptors (Lipinski definition) is 6. The molecule has 1 N–H and O–H groups in total. The lowest BCUT2D eigenvalue weighted by Gasteiger charge is -2.05. The molecule has 0 amide bonds. The number of nitrogens with zero attached hydrogens (tertiary/aromatic N) is 2. The van der Waals surface area contributed by atoms with Gasteiger partial charge in [0.05, 0.1) is 0 Å². The van der Waals surface area contributed by atoms with Crippen molar-refractivity contribution in [1.29, 1.82) is 0 Å². The first kappa shape index (κ1) is 12.9. The number of aromatic nitrogens is 2. The molecule has 1 aromatic carbocycles. The van der Waals surface area contributed by atoms with Crippen molar-refractivity contribution in [2.45, 2.75) is 32.5 Å². The maximum absolute atomic E-state index is 9.64. The van der Waals surface area contributed by atoms with E-state index < -0.39 is 6.10 Å². The van der Waals surface area contributed by atoms with Gasteiger partial charge in [-0.3, -0.25) is 0 Å². The lowest BCUT2D eigenvalue weighted by molar-refractivity contribution is 0.140. The summed E-state index contributed by atoms with van der Waals surface area (Å²) in [6.45, 7) is 4.50. The number of hydrogen-bond donors (Lipinski definition) is 1. The normalized spacial score (nSPS) is 17.1. The molecule has 20 heavy (non-hydrogen) atoms. The van der Waals surface area contributed by atoms with Crippen LogP contribution in [0.4, 0.5) is 0 Å². The lowest BCUT2D eigenvalue weighted by atomic mass is 10.1. The minimum atomic E-state index is -0.551. The number of aliphatic hydroxyl groups is 1. The second kappa shape index (κ2) is 5.13. The van der Waals surface area contributed by atoms with Crippen LogP contribution in [0.3, 0.4) is 0 Å². The van der Waals surface area contributed by atoms with Crippen molar-refractivity contribution in [3.05, 3.63) is 35.5 Å². The molecular weight excluding hydrogens is 260 g/mol. The van der Waals surface area contributed by atoms with Crippen molar-refractivity contribution >= 4 is 0 Å². The maximum Gasteiger partial charge on any atom is 0.229 e. The average Bonchev–Trinajstić information content (AvgIpc) is 3.04. The first-order valence-electron chi connectivity index (χ1n) is 6.53. The molecule has 0 saturated carbocycles. The average molecular weight is 276 g/mol. The largest absolute Gasteiger partial charge is 0.490 e. The fourth-order valence-corrected chi connectivity index (χ4v) is 1.97. The number of fused-ring (bicyclic) bond motifs is 1. The molecule has 0 radical (unpaired) electrons. The molecule has 1 aromatic heterocycles. The van der Waals surface area contributed by atoms with Gasteiger partial charge in [-0.15, -0.1) is 0 Å². The summed E-state index contributed by atoms with van der Waals surface area (Å²) in [5.74, 6) is 2.62. The molecule has 2 heterocycles. The van der Waals surface area contributed by atoms with Crippen LogP contribution in [0, 0.1) is 0 Å². The minimum Gasteiger partial charge on any atom is -0.490 e. The van der Waals surface area contributed by atoms with Gasteiger partial charge in [-0.2, -0.15) is 4.98 Å². The van der Waals surface area contributed by atoms with Crippen LogP contribution in [0.1, 0.15) is 43.1 Å². The van der Waals surface area contributed by atoms with E-state index in [4.69, 9.17) is 14.0 Å². The number of aliphatic hydroxyl groups excluding tert-OH is 1. The Morgan fingerprint density at radius 2 is 2.30 bits per heavy atom. The Hall–Kier alpha value is -2.08. The Kier molecular flexibility index (Phi) is 3.31. The zero-order valence-electron chi connectivity index (χ0n) is 11.4. The number of rotatable bonds is 4. The Bertz CT molecular complexity index is 609. The van der Waals surface area contributed by atoms with Crippen molar-refractivity contribution in [2.75, 3.05) is 6.61 Å². The van der Waals surface area contributed by atoms with Gasteiger partial charge in [-0.25, -0.2) is 0 Å². The fraction of sp³-hybridized carbons (Fsp3) is 0.429. The molecule has 1 unspecified atom stereocenters. The highest BCUT2D eigenvalue weighted by molar-refractivity contribution is 5.44. The highest BCUT2D eigenvalue weighted by atomic mass is 16.5. The molecule has 0 bridgehead atoms. The third kappa shape index (κ3) is 2.46. The summed E-state index contributed by atoms with van der Waals surface area (Å²) in [6.07, 6.45) is -0.551. The first-order chi connectivity index (χ1) is 9.63. The molecule has 0 aliphatic carbocycles. The van der Waals surface area contributed by atoms with Gasteiger partial charge in [-0.05, 0) is 12.1 Å². The van der Waals surface area contributed by atoms with Gasteiger partial charge in [0.25, 0.3) is 0 Å². The summed E-state index contributed by atoms with van der Waals surface area (Å²) in [4.78, 5) is 4.24. The zero-order chi connectivity index (χ0) is 14.1. The van der Waals surface area contributed by atoms with E-state index in [2.05, 4.69) is 10.1 Å². The molecule has 1 atom stereocenters. The molecule has 3 rings (SSSR count). The van der Waals surface area contributed by atoms with E-state index in [1.165, 1.54) is 0 Å². The van der Waals surface area contributed by atoms with E-state index >= 15 is 0 Å². The van der Waals surface area contributed by atoms with Crippen LogP contribution < -0.4 is 9.47 Å². The molecule has 0 fully saturated rings. The van der Waals surface area contributed by atoms with Crippen molar-refractivity contribution < 1.29 is 19.1 Å². The molecule has 6 heteroatoms. The van der Waals surface area contributed by atoms with E-state index in [0.29, 0.717) is 29.8 Å². The van der Waals surface area contributed by atoms with Crippen LogP contribution >= 0.6 is 0 Å². The van der Waals surface area contributed by atoms with Crippen LogP contribution in [0.25, 0.3) is 0 Å². The van der Waals surface area contributed by atoms with Gasteiger partial charge in [0.1, 0.15) is 24.2 Å². The predicted molar refractivity (Wildman–Crippen MR) is 69.6 cm³/mol. The third-order valence-corrected chi connectivity index (χ3v) is 3.09. The molecule has 2 aromatic rings. The van der Waals surface area contributed by atoms with Gasteiger partial charge >= 0.3 is 0 Å². The fourth-order valence-electron chi connectivity index (χ4n) is 1.97. The summed E-state index contributed by atoms with van der Waals surface area (Å²) in [6, 6.07) is 5.35. The maximum atomic E-state index is 9.64.